The minimum absolute atomic E-state index is 0.00551. The van der Waals surface area contributed by atoms with Gasteiger partial charge in [0.1, 0.15) is 5.76 Å². The lowest BCUT2D eigenvalue weighted by Gasteiger charge is -2.17. The van der Waals surface area contributed by atoms with Gasteiger partial charge < -0.3 is 5.11 Å². The van der Waals surface area contributed by atoms with Gasteiger partial charge >= 0.3 is 0 Å². The van der Waals surface area contributed by atoms with E-state index in [0.717, 1.165) is 19.3 Å². The maximum Gasteiger partial charge on any atom is 0.234 e. The third kappa shape index (κ3) is 6.34. The topological polar surface area (TPSA) is 54.4 Å². The molecule has 0 aliphatic heterocycles. The van der Waals surface area contributed by atoms with Gasteiger partial charge in [-0.25, -0.2) is 0 Å². The van der Waals surface area contributed by atoms with E-state index in [9.17, 15) is 14.7 Å². The summed E-state index contributed by atoms with van der Waals surface area (Å²) < 4.78 is 0. The fourth-order valence-electron chi connectivity index (χ4n) is 3.67. The number of rotatable bonds is 10. The first kappa shape index (κ1) is 21.4. The molecule has 3 nitrogen and oxygen atoms in total. The van der Waals surface area contributed by atoms with E-state index < -0.39 is 11.6 Å². The zero-order chi connectivity index (χ0) is 19.9. The van der Waals surface area contributed by atoms with E-state index in [1.807, 2.05) is 0 Å². The molecule has 0 heterocycles. The molecule has 1 aliphatic rings. The number of Topliss-reactive ketones (excluding diaryl/α,β-unsaturated/α-hetero) is 2. The van der Waals surface area contributed by atoms with Crippen LogP contribution >= 0.6 is 0 Å². The first-order chi connectivity index (χ1) is 12.8. The Labute approximate surface area is 163 Å². The van der Waals surface area contributed by atoms with Crippen molar-refractivity contribution in [3.05, 3.63) is 41.0 Å². The lowest BCUT2D eigenvalue weighted by atomic mass is 9.86. The molecule has 2 rings (SSSR count). The number of aliphatic hydroxyl groups excluding tert-OH is 1. The molecule has 3 heteroatoms. The molecule has 0 bridgehead atoms. The van der Waals surface area contributed by atoms with Gasteiger partial charge in [-0.15, -0.1) is 0 Å². The van der Waals surface area contributed by atoms with Gasteiger partial charge in [0.15, 0.2) is 0 Å². The van der Waals surface area contributed by atoms with Crippen LogP contribution in [0, 0.1) is 5.41 Å². The Morgan fingerprint density at radius 3 is 1.85 bits per heavy atom. The molecule has 0 spiro atoms. The van der Waals surface area contributed by atoms with Gasteiger partial charge in [-0.2, -0.15) is 0 Å². The second-order valence-corrected chi connectivity index (χ2v) is 8.92. The van der Waals surface area contributed by atoms with Crippen LogP contribution in [0.4, 0.5) is 0 Å². The first-order valence-corrected chi connectivity index (χ1v) is 10.4. The van der Waals surface area contributed by atoms with Gasteiger partial charge in [-0.1, -0.05) is 90.0 Å². The van der Waals surface area contributed by atoms with Crippen LogP contribution in [0.2, 0.25) is 0 Å². The number of carbonyl (C=O) groups is 2. The van der Waals surface area contributed by atoms with Crippen molar-refractivity contribution in [2.24, 2.45) is 5.41 Å². The van der Waals surface area contributed by atoms with E-state index in [2.05, 4.69) is 20.8 Å². The monoisotopic (exact) mass is 370 g/mol. The SMILES string of the molecule is CC(C)(C)CCCCCCCCCCC1=C(O)c2ccccc2C(=O)C1=O. The van der Waals surface area contributed by atoms with Gasteiger partial charge in [0, 0.05) is 16.7 Å². The Hall–Kier alpha value is -1.90. The molecular formula is C24H34O3. The Kier molecular flexibility index (Phi) is 7.82. The third-order valence-electron chi connectivity index (χ3n) is 5.30. The summed E-state index contributed by atoms with van der Waals surface area (Å²) >= 11 is 0. The minimum atomic E-state index is -0.537. The molecule has 0 amide bonds. The molecular weight excluding hydrogens is 336 g/mol. The lowest BCUT2D eigenvalue weighted by molar-refractivity contribution is -0.112. The van der Waals surface area contributed by atoms with E-state index >= 15 is 0 Å². The maximum absolute atomic E-state index is 12.3. The number of carbonyl (C=O) groups excluding carboxylic acids is 2. The predicted octanol–water partition coefficient (Wildman–Crippen LogP) is 6.67. The zero-order valence-corrected chi connectivity index (χ0v) is 17.1. The minimum Gasteiger partial charge on any atom is -0.507 e. The zero-order valence-electron chi connectivity index (χ0n) is 17.1. The maximum atomic E-state index is 12.3. The van der Waals surface area contributed by atoms with Gasteiger partial charge in [-0.05, 0) is 24.7 Å². The van der Waals surface area contributed by atoms with Crippen molar-refractivity contribution in [2.45, 2.75) is 85.0 Å². The van der Waals surface area contributed by atoms with E-state index in [4.69, 9.17) is 0 Å². The largest absolute Gasteiger partial charge is 0.507 e. The number of benzene rings is 1. The summed E-state index contributed by atoms with van der Waals surface area (Å²) in [6.45, 7) is 6.89. The average molecular weight is 371 g/mol. The number of aliphatic hydroxyl groups is 1. The van der Waals surface area contributed by atoms with Crippen LogP contribution in [0.15, 0.2) is 29.8 Å². The Morgan fingerprint density at radius 2 is 1.26 bits per heavy atom. The molecule has 0 atom stereocenters. The van der Waals surface area contributed by atoms with Crippen LogP contribution in [-0.2, 0) is 4.79 Å². The Balaban J connectivity index is 1.67. The van der Waals surface area contributed by atoms with E-state index in [0.29, 0.717) is 28.5 Å². The molecule has 148 valence electrons. The van der Waals surface area contributed by atoms with Crippen LogP contribution in [0.5, 0.6) is 0 Å². The summed E-state index contributed by atoms with van der Waals surface area (Å²) in [4.78, 5) is 24.5. The highest BCUT2D eigenvalue weighted by molar-refractivity contribution is 6.52. The second kappa shape index (κ2) is 9.87. The van der Waals surface area contributed by atoms with Gasteiger partial charge in [-0.3, -0.25) is 9.59 Å². The molecule has 0 fully saturated rings. The number of allylic oxidation sites excluding steroid dienone is 1. The molecule has 0 unspecified atom stereocenters. The second-order valence-electron chi connectivity index (χ2n) is 8.92. The molecule has 1 aromatic carbocycles. The summed E-state index contributed by atoms with van der Waals surface area (Å²) in [6.07, 6.45) is 11.2. The van der Waals surface area contributed by atoms with Crippen molar-refractivity contribution >= 4 is 17.3 Å². The fraction of sp³-hybridized carbons (Fsp3) is 0.583. The number of hydrogen-bond donors (Lipinski definition) is 1. The molecule has 0 radical (unpaired) electrons. The van der Waals surface area contributed by atoms with Crippen molar-refractivity contribution in [1.29, 1.82) is 0 Å². The quantitative estimate of drug-likeness (QED) is 0.370. The predicted molar refractivity (Wildman–Crippen MR) is 111 cm³/mol. The van der Waals surface area contributed by atoms with E-state index in [1.165, 1.54) is 38.5 Å². The average Bonchev–Trinajstić information content (AvgIpc) is 2.63. The number of ketones is 2. The number of fused-ring (bicyclic) bond motifs is 1. The van der Waals surface area contributed by atoms with Crippen LogP contribution in [0.25, 0.3) is 5.76 Å². The van der Waals surface area contributed by atoms with Crippen LogP contribution in [-0.4, -0.2) is 16.7 Å². The summed E-state index contributed by atoms with van der Waals surface area (Å²) in [5.74, 6) is -1.03. The summed E-state index contributed by atoms with van der Waals surface area (Å²) in [5, 5.41) is 10.4. The van der Waals surface area contributed by atoms with Crippen molar-refractivity contribution in [3.8, 4) is 0 Å². The first-order valence-electron chi connectivity index (χ1n) is 10.4. The van der Waals surface area contributed by atoms with Crippen LogP contribution in [0.3, 0.4) is 0 Å². The van der Waals surface area contributed by atoms with Crippen molar-refractivity contribution in [1.82, 2.24) is 0 Å². The van der Waals surface area contributed by atoms with Gasteiger partial charge in [0.05, 0.1) is 0 Å². The molecule has 0 saturated heterocycles. The van der Waals surface area contributed by atoms with Crippen LogP contribution in [0.1, 0.15) is 101 Å². The van der Waals surface area contributed by atoms with Crippen molar-refractivity contribution in [2.75, 3.05) is 0 Å². The molecule has 1 aromatic rings. The lowest BCUT2D eigenvalue weighted by Crippen LogP contribution is -2.24. The van der Waals surface area contributed by atoms with Crippen molar-refractivity contribution in [3.63, 3.8) is 0 Å². The smallest absolute Gasteiger partial charge is 0.234 e. The molecule has 1 N–H and O–H groups in total. The van der Waals surface area contributed by atoms with Crippen LogP contribution < -0.4 is 0 Å². The number of hydrogen-bond acceptors (Lipinski definition) is 3. The fourth-order valence-corrected chi connectivity index (χ4v) is 3.67. The Bertz CT molecular complexity index is 692. The number of unbranched alkanes of at least 4 members (excludes halogenated alkanes) is 7. The van der Waals surface area contributed by atoms with Crippen molar-refractivity contribution < 1.29 is 14.7 Å². The highest BCUT2D eigenvalue weighted by Gasteiger charge is 2.31. The standard InChI is InChI=1S/C24H34O3/c1-24(2,3)17-13-9-7-5-4-6-8-10-16-20-21(25)18-14-11-12-15-19(18)22(26)23(20)27/h11-12,14-15,25H,4-10,13,16-17H2,1-3H3. The summed E-state index contributed by atoms with van der Waals surface area (Å²) in [7, 11) is 0. The highest BCUT2D eigenvalue weighted by Crippen LogP contribution is 2.30. The molecule has 27 heavy (non-hydrogen) atoms. The normalized spacial score (nSPS) is 14.6. The van der Waals surface area contributed by atoms with E-state index in [-0.39, 0.29) is 5.76 Å². The highest BCUT2D eigenvalue weighted by atomic mass is 16.3. The Morgan fingerprint density at radius 1 is 0.741 bits per heavy atom. The molecule has 0 saturated carbocycles. The van der Waals surface area contributed by atoms with E-state index in [1.54, 1.807) is 24.3 Å². The summed E-state index contributed by atoms with van der Waals surface area (Å²) in [6, 6.07) is 6.79. The third-order valence-corrected chi connectivity index (χ3v) is 5.30. The van der Waals surface area contributed by atoms with Gasteiger partial charge in [0.2, 0.25) is 11.6 Å². The molecule has 1 aliphatic carbocycles. The summed E-state index contributed by atoms with van der Waals surface area (Å²) in [5.41, 5.74) is 1.54. The molecule has 0 aromatic heterocycles. The van der Waals surface area contributed by atoms with Gasteiger partial charge in [0.25, 0.3) is 0 Å².